The molecule has 0 aliphatic carbocycles. The molecule has 2 aromatic rings. The summed E-state index contributed by atoms with van der Waals surface area (Å²) in [5.41, 5.74) is 3.19. The van der Waals surface area contributed by atoms with Crippen LogP contribution < -0.4 is 5.32 Å². The number of benzene rings is 1. The van der Waals surface area contributed by atoms with Gasteiger partial charge in [-0.2, -0.15) is 0 Å². The lowest BCUT2D eigenvalue weighted by atomic mass is 10.1. The van der Waals surface area contributed by atoms with Crippen molar-refractivity contribution in [2.24, 2.45) is 0 Å². The van der Waals surface area contributed by atoms with Crippen molar-refractivity contribution in [2.75, 3.05) is 12.4 Å². The summed E-state index contributed by atoms with van der Waals surface area (Å²) < 4.78 is 5.08. The highest BCUT2D eigenvalue weighted by molar-refractivity contribution is 7.99. The van der Waals surface area contributed by atoms with E-state index in [2.05, 4.69) is 16.4 Å². The largest absolute Gasteiger partial charge is 0.378 e. The number of rotatable bonds is 5. The maximum absolute atomic E-state index is 12.3. The average molecular weight is 334 g/mol. The Hall–Kier alpha value is -1.37. The van der Waals surface area contributed by atoms with Gasteiger partial charge in [0, 0.05) is 23.9 Å². The molecule has 0 saturated carbocycles. The SMILES string of the molecule is COCc1nc(CSC2CCc3ccccc3NC2=O)cs1. The van der Waals surface area contributed by atoms with Crippen LogP contribution in [0, 0.1) is 0 Å². The van der Waals surface area contributed by atoms with Crippen molar-refractivity contribution in [3.63, 3.8) is 0 Å². The second kappa shape index (κ2) is 7.26. The second-order valence-corrected chi connectivity index (χ2v) is 7.28. The van der Waals surface area contributed by atoms with Gasteiger partial charge in [0.25, 0.3) is 0 Å². The van der Waals surface area contributed by atoms with Crippen LogP contribution in [-0.4, -0.2) is 23.3 Å². The molecule has 4 nitrogen and oxygen atoms in total. The molecule has 1 amide bonds. The number of para-hydroxylation sites is 1. The van der Waals surface area contributed by atoms with Crippen molar-refractivity contribution in [3.05, 3.63) is 45.9 Å². The first-order valence-corrected chi connectivity index (χ1v) is 9.11. The number of amides is 1. The number of carbonyl (C=O) groups excluding carboxylic acids is 1. The number of aryl methyl sites for hydroxylation is 1. The lowest BCUT2D eigenvalue weighted by molar-refractivity contribution is -0.115. The molecular weight excluding hydrogens is 316 g/mol. The second-order valence-electron chi connectivity index (χ2n) is 5.15. The zero-order valence-electron chi connectivity index (χ0n) is 12.4. The molecule has 0 spiro atoms. The van der Waals surface area contributed by atoms with Crippen LogP contribution in [0.4, 0.5) is 5.69 Å². The monoisotopic (exact) mass is 334 g/mol. The third-order valence-corrected chi connectivity index (χ3v) is 5.73. The molecule has 1 aromatic heterocycles. The van der Waals surface area contributed by atoms with E-state index in [4.69, 9.17) is 4.74 Å². The van der Waals surface area contributed by atoms with Crippen LogP contribution in [0.3, 0.4) is 0 Å². The molecule has 1 aliphatic rings. The Balaban J connectivity index is 1.60. The van der Waals surface area contributed by atoms with E-state index < -0.39 is 0 Å². The number of hydrogen-bond donors (Lipinski definition) is 1. The normalized spacial score (nSPS) is 17.7. The lowest BCUT2D eigenvalue weighted by Gasteiger charge is -2.11. The minimum Gasteiger partial charge on any atom is -0.378 e. The van der Waals surface area contributed by atoms with Gasteiger partial charge in [-0.05, 0) is 24.5 Å². The number of ether oxygens (including phenoxy) is 1. The molecular formula is C16H18N2O2S2. The number of methoxy groups -OCH3 is 1. The van der Waals surface area contributed by atoms with Crippen molar-refractivity contribution >= 4 is 34.7 Å². The summed E-state index contributed by atoms with van der Waals surface area (Å²) in [5.74, 6) is 0.858. The summed E-state index contributed by atoms with van der Waals surface area (Å²) >= 11 is 3.27. The first-order chi connectivity index (χ1) is 10.8. The van der Waals surface area contributed by atoms with Crippen LogP contribution in [0.5, 0.6) is 0 Å². The molecule has 0 saturated heterocycles. The molecule has 0 bridgehead atoms. The van der Waals surface area contributed by atoms with Crippen LogP contribution in [0.15, 0.2) is 29.6 Å². The third kappa shape index (κ3) is 3.69. The Morgan fingerprint density at radius 1 is 1.45 bits per heavy atom. The molecule has 1 aliphatic heterocycles. The number of hydrogen-bond acceptors (Lipinski definition) is 5. The van der Waals surface area contributed by atoms with Crippen LogP contribution in [0.1, 0.15) is 22.7 Å². The van der Waals surface area contributed by atoms with Crippen molar-refractivity contribution < 1.29 is 9.53 Å². The number of carbonyl (C=O) groups is 1. The molecule has 2 heterocycles. The van der Waals surface area contributed by atoms with Crippen molar-refractivity contribution in [1.29, 1.82) is 0 Å². The van der Waals surface area contributed by atoms with Gasteiger partial charge in [0.15, 0.2) is 0 Å². The molecule has 0 radical (unpaired) electrons. The lowest BCUT2D eigenvalue weighted by Crippen LogP contribution is -2.23. The quantitative estimate of drug-likeness (QED) is 0.909. The van der Waals surface area contributed by atoms with E-state index in [1.54, 1.807) is 30.2 Å². The Morgan fingerprint density at radius 3 is 3.18 bits per heavy atom. The molecule has 1 N–H and O–H groups in total. The number of anilines is 1. The number of nitrogens with one attached hydrogen (secondary N) is 1. The first kappa shape index (κ1) is 15.5. The van der Waals surface area contributed by atoms with E-state index in [-0.39, 0.29) is 11.2 Å². The molecule has 0 fully saturated rings. The summed E-state index contributed by atoms with van der Waals surface area (Å²) in [7, 11) is 1.67. The van der Waals surface area contributed by atoms with Crippen molar-refractivity contribution in [2.45, 2.75) is 30.5 Å². The highest BCUT2D eigenvalue weighted by Crippen LogP contribution is 2.29. The Kier molecular flexibility index (Phi) is 5.12. The summed E-state index contributed by atoms with van der Waals surface area (Å²) in [5, 5.41) is 6.04. The Morgan fingerprint density at radius 2 is 2.32 bits per heavy atom. The van der Waals surface area contributed by atoms with E-state index in [9.17, 15) is 4.79 Å². The molecule has 1 unspecified atom stereocenters. The molecule has 6 heteroatoms. The van der Waals surface area contributed by atoms with Crippen LogP contribution in [-0.2, 0) is 28.3 Å². The number of thiazole rings is 1. The minimum atomic E-state index is -0.0278. The molecule has 22 heavy (non-hydrogen) atoms. The van der Waals surface area contributed by atoms with Crippen LogP contribution >= 0.6 is 23.1 Å². The van der Waals surface area contributed by atoms with Gasteiger partial charge < -0.3 is 10.1 Å². The van der Waals surface area contributed by atoms with Gasteiger partial charge in [0.2, 0.25) is 5.91 Å². The minimum absolute atomic E-state index is 0.0278. The fraction of sp³-hybridized carbons (Fsp3) is 0.375. The number of aromatic nitrogens is 1. The van der Waals surface area contributed by atoms with Gasteiger partial charge in [-0.25, -0.2) is 4.98 Å². The Bertz CT molecular complexity index is 657. The van der Waals surface area contributed by atoms with E-state index in [1.165, 1.54) is 5.56 Å². The smallest absolute Gasteiger partial charge is 0.237 e. The topological polar surface area (TPSA) is 51.2 Å². The van der Waals surface area contributed by atoms with Gasteiger partial charge in [0.1, 0.15) is 5.01 Å². The van der Waals surface area contributed by atoms with E-state index in [0.29, 0.717) is 6.61 Å². The number of nitrogens with zero attached hydrogens (tertiary/aromatic N) is 1. The van der Waals surface area contributed by atoms with Crippen molar-refractivity contribution in [3.8, 4) is 0 Å². The van der Waals surface area contributed by atoms with Crippen LogP contribution in [0.2, 0.25) is 0 Å². The first-order valence-electron chi connectivity index (χ1n) is 7.19. The maximum Gasteiger partial charge on any atom is 0.237 e. The standard InChI is InChI=1S/C16H18N2O2S2/c1-20-8-15-17-12(10-22-15)9-21-14-7-6-11-4-2-3-5-13(11)18-16(14)19/h2-5,10,14H,6-9H2,1H3,(H,18,19). The molecule has 3 rings (SSSR count). The number of thioether (sulfide) groups is 1. The van der Waals surface area contributed by atoms with E-state index >= 15 is 0 Å². The van der Waals surface area contributed by atoms with Gasteiger partial charge >= 0.3 is 0 Å². The summed E-state index contributed by atoms with van der Waals surface area (Å²) in [6.45, 7) is 0.550. The molecule has 1 aromatic carbocycles. The summed E-state index contributed by atoms with van der Waals surface area (Å²) in [6, 6.07) is 8.03. The fourth-order valence-corrected chi connectivity index (χ4v) is 4.33. The molecule has 116 valence electrons. The number of fused-ring (bicyclic) bond motifs is 1. The van der Waals surface area contributed by atoms with Gasteiger partial charge in [-0.15, -0.1) is 23.1 Å². The van der Waals surface area contributed by atoms with Gasteiger partial charge in [-0.1, -0.05) is 18.2 Å². The zero-order valence-corrected chi connectivity index (χ0v) is 14.0. The summed E-state index contributed by atoms with van der Waals surface area (Å²) in [6.07, 6.45) is 1.79. The van der Waals surface area contributed by atoms with Gasteiger partial charge in [0.05, 0.1) is 17.6 Å². The summed E-state index contributed by atoms with van der Waals surface area (Å²) in [4.78, 5) is 16.8. The highest BCUT2D eigenvalue weighted by atomic mass is 32.2. The highest BCUT2D eigenvalue weighted by Gasteiger charge is 2.24. The van der Waals surface area contributed by atoms with Crippen molar-refractivity contribution in [1.82, 2.24) is 4.98 Å². The van der Waals surface area contributed by atoms with E-state index in [0.717, 1.165) is 35.0 Å². The predicted octanol–water partition coefficient (Wildman–Crippen LogP) is 3.48. The Labute approximate surface area is 138 Å². The fourth-order valence-electron chi connectivity index (χ4n) is 2.44. The average Bonchev–Trinajstić information content (AvgIpc) is 2.89. The van der Waals surface area contributed by atoms with Gasteiger partial charge in [-0.3, -0.25) is 4.79 Å². The van der Waals surface area contributed by atoms with Crippen LogP contribution in [0.25, 0.3) is 0 Å². The third-order valence-electron chi connectivity index (χ3n) is 3.54. The molecule has 1 atom stereocenters. The predicted molar refractivity (Wildman–Crippen MR) is 91.3 cm³/mol. The zero-order chi connectivity index (χ0) is 15.4. The maximum atomic E-state index is 12.3. The van der Waals surface area contributed by atoms with E-state index in [1.807, 2.05) is 23.6 Å².